The van der Waals surface area contributed by atoms with Gasteiger partial charge in [-0.05, 0) is 6.42 Å². The Labute approximate surface area is 95.5 Å². The van der Waals surface area contributed by atoms with Crippen molar-refractivity contribution in [2.45, 2.75) is 18.6 Å². The Morgan fingerprint density at radius 2 is 2.47 bits per heavy atom. The molecule has 4 nitrogen and oxygen atoms in total. The van der Waals surface area contributed by atoms with Gasteiger partial charge in [0.1, 0.15) is 6.61 Å². The highest BCUT2D eigenvalue weighted by atomic mass is 32.2. The zero-order chi connectivity index (χ0) is 11.1. The molecule has 1 fully saturated rings. The first-order chi connectivity index (χ1) is 7.27. The summed E-state index contributed by atoms with van der Waals surface area (Å²) in [6.07, 6.45) is 1.12. The summed E-state index contributed by atoms with van der Waals surface area (Å²) < 4.78 is 5.14. The summed E-state index contributed by atoms with van der Waals surface area (Å²) in [5.74, 6) is 1.14. The van der Waals surface area contributed by atoms with Crippen LogP contribution in [0.1, 0.15) is 13.3 Å². The number of hydrogen-bond acceptors (Lipinski definition) is 4. The van der Waals surface area contributed by atoms with Crippen molar-refractivity contribution in [3.8, 4) is 0 Å². The number of carbonyl (C=O) groups excluding carboxylic acids is 1. The lowest BCUT2D eigenvalue weighted by Crippen LogP contribution is -2.43. The summed E-state index contributed by atoms with van der Waals surface area (Å²) in [5.41, 5.74) is 5.28. The average Bonchev–Trinajstić information content (AvgIpc) is 2.29. The molecule has 1 aliphatic rings. The summed E-state index contributed by atoms with van der Waals surface area (Å²) in [5, 5.41) is 0.595. The molecule has 0 aromatic heterocycles. The first-order valence-electron chi connectivity index (χ1n) is 5.45. The predicted molar refractivity (Wildman–Crippen MR) is 63.0 cm³/mol. The summed E-state index contributed by atoms with van der Waals surface area (Å²) in [6, 6.07) is 0. The monoisotopic (exact) mass is 232 g/mol. The molecule has 0 aromatic rings. The van der Waals surface area contributed by atoms with Gasteiger partial charge < -0.3 is 15.4 Å². The number of hydrogen-bond donors (Lipinski definition) is 1. The summed E-state index contributed by atoms with van der Waals surface area (Å²) in [4.78, 5) is 13.6. The highest BCUT2D eigenvalue weighted by Crippen LogP contribution is 2.20. The van der Waals surface area contributed by atoms with Crippen molar-refractivity contribution in [2.24, 2.45) is 5.73 Å². The molecule has 88 valence electrons. The van der Waals surface area contributed by atoms with Gasteiger partial charge in [0.25, 0.3) is 0 Å². The van der Waals surface area contributed by atoms with Crippen LogP contribution in [0.25, 0.3) is 0 Å². The highest BCUT2D eigenvalue weighted by Gasteiger charge is 2.22. The molecule has 0 aromatic carbocycles. The van der Waals surface area contributed by atoms with E-state index in [2.05, 4.69) is 6.92 Å². The van der Waals surface area contributed by atoms with Crippen LogP contribution in [0.3, 0.4) is 0 Å². The Hall–Kier alpha value is -0.260. The van der Waals surface area contributed by atoms with Crippen LogP contribution in [-0.2, 0) is 9.53 Å². The molecular weight excluding hydrogens is 212 g/mol. The third-order valence-corrected chi connectivity index (χ3v) is 3.81. The first kappa shape index (κ1) is 12.8. The molecule has 0 radical (unpaired) electrons. The third kappa shape index (κ3) is 4.40. The third-order valence-electron chi connectivity index (χ3n) is 2.43. The topological polar surface area (TPSA) is 55.6 Å². The maximum Gasteiger partial charge on any atom is 0.248 e. The van der Waals surface area contributed by atoms with E-state index in [0.717, 1.165) is 25.3 Å². The number of thioether (sulfide) groups is 1. The zero-order valence-electron chi connectivity index (χ0n) is 9.28. The van der Waals surface area contributed by atoms with Crippen LogP contribution < -0.4 is 5.73 Å². The van der Waals surface area contributed by atoms with E-state index in [9.17, 15) is 4.79 Å². The van der Waals surface area contributed by atoms with Gasteiger partial charge in [0.05, 0.1) is 6.61 Å². The average molecular weight is 232 g/mol. The number of ether oxygens (including phenoxy) is 1. The minimum Gasteiger partial charge on any atom is -0.370 e. The Morgan fingerprint density at radius 3 is 3.13 bits per heavy atom. The predicted octanol–water partition coefficient (Wildman–Crippen LogP) is 0.316. The normalized spacial score (nSPS) is 21.7. The van der Waals surface area contributed by atoms with Gasteiger partial charge in [-0.15, -0.1) is 0 Å². The van der Waals surface area contributed by atoms with Gasteiger partial charge in [-0.2, -0.15) is 11.8 Å². The van der Waals surface area contributed by atoms with Crippen LogP contribution in [0, 0.1) is 0 Å². The van der Waals surface area contributed by atoms with Crippen LogP contribution in [0.2, 0.25) is 0 Å². The van der Waals surface area contributed by atoms with Crippen LogP contribution in [0.15, 0.2) is 0 Å². The lowest BCUT2D eigenvalue weighted by atomic mass is 10.3. The molecule has 1 atom stereocenters. The molecule has 0 saturated carbocycles. The maximum absolute atomic E-state index is 11.7. The van der Waals surface area contributed by atoms with Crippen LogP contribution >= 0.6 is 11.8 Å². The molecule has 1 aliphatic heterocycles. The molecule has 1 unspecified atom stereocenters. The molecule has 0 spiro atoms. The smallest absolute Gasteiger partial charge is 0.248 e. The Balaban J connectivity index is 2.25. The second kappa shape index (κ2) is 7.09. The first-order valence-corrected chi connectivity index (χ1v) is 6.50. The standard InChI is InChI=1S/C10H20N2O2S/c1-2-9-7-12(4-6-15-9)10(13)8-14-5-3-11/h9H,2-8,11H2,1H3. The SMILES string of the molecule is CCC1CN(C(=O)COCCN)CCS1. The Bertz CT molecular complexity index is 202. The number of rotatable bonds is 5. The fraction of sp³-hybridized carbons (Fsp3) is 0.900. The van der Waals surface area contributed by atoms with E-state index in [1.54, 1.807) is 0 Å². The molecule has 2 N–H and O–H groups in total. The molecule has 1 rings (SSSR count). The van der Waals surface area contributed by atoms with Crippen LogP contribution in [-0.4, -0.2) is 54.7 Å². The van der Waals surface area contributed by atoms with Crippen molar-refractivity contribution in [3.63, 3.8) is 0 Å². The maximum atomic E-state index is 11.7. The van der Waals surface area contributed by atoms with Gasteiger partial charge in [0.2, 0.25) is 5.91 Å². The minimum atomic E-state index is 0.0993. The molecule has 5 heteroatoms. The van der Waals surface area contributed by atoms with Crippen LogP contribution in [0.5, 0.6) is 0 Å². The van der Waals surface area contributed by atoms with E-state index in [1.807, 2.05) is 16.7 Å². The van der Waals surface area contributed by atoms with Gasteiger partial charge in [-0.1, -0.05) is 6.92 Å². The molecule has 1 saturated heterocycles. The molecule has 0 aliphatic carbocycles. The van der Waals surface area contributed by atoms with E-state index < -0.39 is 0 Å². The summed E-state index contributed by atoms with van der Waals surface area (Å²) >= 11 is 1.96. The van der Waals surface area contributed by atoms with Gasteiger partial charge in [-0.25, -0.2) is 0 Å². The van der Waals surface area contributed by atoms with Crippen molar-refractivity contribution in [2.75, 3.05) is 38.6 Å². The van der Waals surface area contributed by atoms with Crippen LogP contribution in [0.4, 0.5) is 0 Å². The number of nitrogens with zero attached hydrogens (tertiary/aromatic N) is 1. The van der Waals surface area contributed by atoms with Gasteiger partial charge in [0.15, 0.2) is 0 Å². The zero-order valence-corrected chi connectivity index (χ0v) is 10.1. The molecule has 1 amide bonds. The van der Waals surface area contributed by atoms with Crippen molar-refractivity contribution < 1.29 is 9.53 Å². The molecule has 15 heavy (non-hydrogen) atoms. The van der Waals surface area contributed by atoms with E-state index in [0.29, 0.717) is 18.4 Å². The largest absolute Gasteiger partial charge is 0.370 e. The van der Waals surface area contributed by atoms with E-state index in [-0.39, 0.29) is 12.5 Å². The fourth-order valence-electron chi connectivity index (χ4n) is 1.53. The van der Waals surface area contributed by atoms with Crippen molar-refractivity contribution in [3.05, 3.63) is 0 Å². The summed E-state index contributed by atoms with van der Waals surface area (Å²) in [6.45, 7) is 5.00. The Morgan fingerprint density at radius 1 is 1.67 bits per heavy atom. The lowest BCUT2D eigenvalue weighted by Gasteiger charge is -2.31. The van der Waals surface area contributed by atoms with Gasteiger partial charge >= 0.3 is 0 Å². The number of nitrogens with two attached hydrogens (primary N) is 1. The molecular formula is C10H20N2O2S. The number of amides is 1. The van der Waals surface area contributed by atoms with E-state index in [4.69, 9.17) is 10.5 Å². The molecule has 1 heterocycles. The van der Waals surface area contributed by atoms with E-state index in [1.165, 1.54) is 0 Å². The summed E-state index contributed by atoms with van der Waals surface area (Å²) in [7, 11) is 0. The van der Waals surface area contributed by atoms with Crippen molar-refractivity contribution in [1.82, 2.24) is 4.90 Å². The Kier molecular flexibility index (Phi) is 6.05. The van der Waals surface area contributed by atoms with Gasteiger partial charge in [-0.3, -0.25) is 4.79 Å². The van der Waals surface area contributed by atoms with Crippen molar-refractivity contribution in [1.29, 1.82) is 0 Å². The minimum absolute atomic E-state index is 0.0993. The quantitative estimate of drug-likeness (QED) is 0.693. The second-order valence-corrected chi connectivity index (χ2v) is 4.99. The fourth-order valence-corrected chi connectivity index (χ4v) is 2.71. The number of carbonyl (C=O) groups is 1. The van der Waals surface area contributed by atoms with Crippen molar-refractivity contribution >= 4 is 17.7 Å². The van der Waals surface area contributed by atoms with E-state index >= 15 is 0 Å². The highest BCUT2D eigenvalue weighted by molar-refractivity contribution is 8.00. The lowest BCUT2D eigenvalue weighted by molar-refractivity contribution is -0.135. The van der Waals surface area contributed by atoms with Gasteiger partial charge in [0, 0.05) is 30.6 Å². The molecule has 0 bridgehead atoms. The second-order valence-electron chi connectivity index (χ2n) is 3.58.